The van der Waals surface area contributed by atoms with Crippen LogP contribution >= 0.6 is 0 Å². The average Bonchev–Trinajstić information content (AvgIpc) is 3.82. The Kier molecular flexibility index (Phi) is 6.47. The second-order valence-electron chi connectivity index (χ2n) is 10.4. The maximum atomic E-state index is 13.4. The molecule has 1 atom stereocenters. The maximum Gasteiger partial charge on any atom is 0.430 e. The summed E-state index contributed by atoms with van der Waals surface area (Å²) in [6, 6.07) is 6.85. The van der Waals surface area contributed by atoms with Crippen LogP contribution in [0.3, 0.4) is 0 Å². The average molecular weight is 602 g/mol. The minimum Gasteiger partial charge on any atom is -0.369 e. The molecule has 2 N–H and O–H groups in total. The molecule has 0 spiro atoms. The molecule has 8 nitrogen and oxygen atoms in total. The number of fused-ring (bicyclic) bond motifs is 1. The van der Waals surface area contributed by atoms with E-state index in [1.165, 1.54) is 18.2 Å². The minimum atomic E-state index is -6.09. The normalized spacial score (nSPS) is 20.2. The number of aliphatic hydroxyl groups is 1. The van der Waals surface area contributed by atoms with Gasteiger partial charge in [0.15, 0.2) is 9.84 Å². The highest BCUT2D eigenvalue weighted by atomic mass is 32.2. The highest BCUT2D eigenvalue weighted by Gasteiger charge is 2.71. The van der Waals surface area contributed by atoms with Crippen LogP contribution < -0.4 is 5.32 Å². The van der Waals surface area contributed by atoms with Crippen molar-refractivity contribution in [3.63, 3.8) is 0 Å². The van der Waals surface area contributed by atoms with Gasteiger partial charge in [0, 0.05) is 17.8 Å². The van der Waals surface area contributed by atoms with Crippen molar-refractivity contribution in [2.24, 2.45) is 5.41 Å². The Morgan fingerprint density at radius 1 is 1.00 bits per heavy atom. The van der Waals surface area contributed by atoms with Crippen LogP contribution in [0.4, 0.5) is 32.0 Å². The molecule has 0 saturated heterocycles. The van der Waals surface area contributed by atoms with Gasteiger partial charge >= 0.3 is 12.4 Å². The van der Waals surface area contributed by atoms with Gasteiger partial charge in [0.25, 0.3) is 11.5 Å². The molecule has 3 aliphatic rings. The van der Waals surface area contributed by atoms with Gasteiger partial charge in [-0.05, 0) is 61.1 Å². The third-order valence-corrected chi connectivity index (χ3v) is 9.89. The molecule has 2 aromatic rings. The van der Waals surface area contributed by atoms with E-state index < -0.39 is 61.9 Å². The lowest BCUT2D eigenvalue weighted by Gasteiger charge is -2.32. The van der Waals surface area contributed by atoms with Crippen molar-refractivity contribution < 1.29 is 49.5 Å². The first-order chi connectivity index (χ1) is 19.0. The topological polar surface area (TPSA) is 128 Å². The first-order valence-corrected chi connectivity index (χ1v) is 13.9. The number of nitrogens with zero attached hydrogens (tertiary/aromatic N) is 2. The summed E-state index contributed by atoms with van der Waals surface area (Å²) in [6.07, 6.45) is -10.6. The fourth-order valence-electron chi connectivity index (χ4n) is 4.91. The quantitative estimate of drug-likeness (QED) is 0.477. The molecule has 0 radical (unpaired) electrons. The maximum absolute atomic E-state index is 13.4. The Balaban J connectivity index is 1.46. The van der Waals surface area contributed by atoms with E-state index >= 15 is 0 Å². The lowest BCUT2D eigenvalue weighted by molar-refractivity contribution is -0.376. The first-order valence-electron chi connectivity index (χ1n) is 12.3. The SMILES string of the molecule is N#CC1(C(=O)N2Cc3cc(S(=O)(=O)C4CC4)ccc3C2C(=O)Nc2ccc(C(O)(C(F)(F)F)C(F)(F)F)cc2)CC1. The molecule has 1 unspecified atom stereocenters. The number of rotatable bonds is 6. The number of hydrogen-bond donors (Lipinski definition) is 2. The van der Waals surface area contributed by atoms with Gasteiger partial charge in [-0.3, -0.25) is 9.59 Å². The molecule has 1 heterocycles. The van der Waals surface area contributed by atoms with Gasteiger partial charge in [0.05, 0.1) is 16.2 Å². The van der Waals surface area contributed by atoms with Gasteiger partial charge in [-0.1, -0.05) is 18.2 Å². The standard InChI is InChI=1S/C26H21F6N3O5S/c27-25(28,29)24(38,26(30,31)32)15-1-3-16(4-2-15)34-21(36)20-19-8-7-18(41(39,40)17-5-6-17)11-14(19)12-35(20)22(37)23(13-33)9-10-23/h1-4,7-8,11,17,20,38H,5-6,9-10,12H2,(H,34,36). The van der Waals surface area contributed by atoms with Gasteiger partial charge in [-0.15, -0.1) is 0 Å². The number of benzene rings is 2. The van der Waals surface area contributed by atoms with Crippen molar-refractivity contribution in [1.29, 1.82) is 5.26 Å². The number of halogens is 6. The van der Waals surface area contributed by atoms with E-state index in [-0.39, 0.29) is 35.5 Å². The number of anilines is 1. The van der Waals surface area contributed by atoms with Crippen LogP contribution in [-0.2, 0) is 31.6 Å². The molecule has 1 aliphatic heterocycles. The summed E-state index contributed by atoms with van der Waals surface area (Å²) in [6.45, 7) is -0.188. The number of amides is 2. The lowest BCUT2D eigenvalue weighted by atomic mass is 9.92. The van der Waals surface area contributed by atoms with Crippen molar-refractivity contribution in [2.75, 3.05) is 5.32 Å². The fourth-order valence-corrected chi connectivity index (χ4v) is 6.62. The van der Waals surface area contributed by atoms with Crippen molar-refractivity contribution >= 4 is 27.3 Å². The smallest absolute Gasteiger partial charge is 0.369 e. The van der Waals surface area contributed by atoms with Crippen LogP contribution in [0, 0.1) is 16.7 Å². The van der Waals surface area contributed by atoms with Crippen LogP contribution in [0.5, 0.6) is 0 Å². The molecule has 0 bridgehead atoms. The Hall–Kier alpha value is -3.64. The monoisotopic (exact) mass is 601 g/mol. The zero-order chi connectivity index (χ0) is 30.2. The van der Waals surface area contributed by atoms with Crippen LogP contribution in [0.2, 0.25) is 0 Å². The van der Waals surface area contributed by atoms with E-state index in [2.05, 4.69) is 5.32 Å². The molecule has 2 saturated carbocycles. The van der Waals surface area contributed by atoms with E-state index in [0.29, 0.717) is 30.5 Å². The van der Waals surface area contributed by atoms with Crippen molar-refractivity contribution in [1.82, 2.24) is 4.90 Å². The van der Waals surface area contributed by atoms with Gasteiger partial charge < -0.3 is 15.3 Å². The summed E-state index contributed by atoms with van der Waals surface area (Å²) in [7, 11) is -3.61. The number of nitrogens with one attached hydrogen (secondary N) is 1. The summed E-state index contributed by atoms with van der Waals surface area (Å²) in [5, 5.41) is 20.9. The summed E-state index contributed by atoms with van der Waals surface area (Å²) in [5.41, 5.74) is -7.63. The van der Waals surface area contributed by atoms with Crippen LogP contribution in [0.1, 0.15) is 48.4 Å². The van der Waals surface area contributed by atoms with Crippen molar-refractivity contribution in [3.8, 4) is 6.07 Å². The molecule has 2 amide bonds. The van der Waals surface area contributed by atoms with Crippen molar-refractivity contribution in [3.05, 3.63) is 59.2 Å². The van der Waals surface area contributed by atoms with E-state index in [0.717, 1.165) is 17.0 Å². The third kappa shape index (κ3) is 4.62. The molecule has 41 heavy (non-hydrogen) atoms. The fraction of sp³-hybridized carbons (Fsp3) is 0.423. The predicted molar refractivity (Wildman–Crippen MR) is 128 cm³/mol. The number of sulfone groups is 1. The lowest BCUT2D eigenvalue weighted by Crippen LogP contribution is -2.53. The van der Waals surface area contributed by atoms with Crippen LogP contribution in [0.15, 0.2) is 47.4 Å². The zero-order valence-electron chi connectivity index (χ0n) is 20.9. The number of hydrogen-bond acceptors (Lipinski definition) is 6. The molecule has 218 valence electrons. The highest BCUT2D eigenvalue weighted by molar-refractivity contribution is 7.92. The largest absolute Gasteiger partial charge is 0.430 e. The molecule has 5 rings (SSSR count). The Morgan fingerprint density at radius 2 is 1.59 bits per heavy atom. The molecule has 2 fully saturated rings. The van der Waals surface area contributed by atoms with Crippen LogP contribution in [-0.4, -0.2) is 47.8 Å². The summed E-state index contributed by atoms with van der Waals surface area (Å²) >= 11 is 0. The van der Waals surface area contributed by atoms with Crippen molar-refractivity contribution in [2.45, 2.75) is 66.4 Å². The Bertz CT molecular complexity index is 1560. The molecular weight excluding hydrogens is 580 g/mol. The van der Waals surface area contributed by atoms with E-state index in [4.69, 9.17) is 0 Å². The Morgan fingerprint density at radius 3 is 2.07 bits per heavy atom. The van der Waals surface area contributed by atoms with Gasteiger partial charge in [-0.2, -0.15) is 31.6 Å². The number of carbonyl (C=O) groups excluding carboxylic acids is 2. The van der Waals surface area contributed by atoms with E-state index in [1.807, 2.05) is 6.07 Å². The molecular formula is C26H21F6N3O5S. The number of alkyl halides is 6. The third-order valence-electron chi connectivity index (χ3n) is 7.63. The highest BCUT2D eigenvalue weighted by Crippen LogP contribution is 2.51. The van der Waals surface area contributed by atoms with E-state index in [1.54, 1.807) is 0 Å². The number of carbonyl (C=O) groups is 2. The molecule has 2 aliphatic carbocycles. The zero-order valence-corrected chi connectivity index (χ0v) is 21.7. The van der Waals surface area contributed by atoms with Crippen LogP contribution in [0.25, 0.3) is 0 Å². The molecule has 0 aromatic heterocycles. The molecule has 15 heteroatoms. The molecule has 2 aromatic carbocycles. The van der Waals surface area contributed by atoms with Gasteiger partial charge in [0.1, 0.15) is 11.5 Å². The predicted octanol–water partition coefficient (Wildman–Crippen LogP) is 4.26. The Labute approximate surface area is 229 Å². The summed E-state index contributed by atoms with van der Waals surface area (Å²) < 4.78 is 105. The summed E-state index contributed by atoms with van der Waals surface area (Å²) in [4.78, 5) is 27.9. The number of nitriles is 1. The van der Waals surface area contributed by atoms with Gasteiger partial charge in [0.2, 0.25) is 5.91 Å². The second kappa shape index (κ2) is 9.18. The van der Waals surface area contributed by atoms with E-state index in [9.17, 15) is 54.7 Å². The minimum absolute atomic E-state index is 0.0195. The second-order valence-corrected chi connectivity index (χ2v) is 12.6. The van der Waals surface area contributed by atoms with Gasteiger partial charge in [-0.25, -0.2) is 8.42 Å². The summed E-state index contributed by atoms with van der Waals surface area (Å²) in [5.74, 6) is -1.54. The first kappa shape index (κ1) is 28.9.